The SMILES string of the molecule is CC.CC.CCCC(CC)(CC)CCC. The van der Waals surface area contributed by atoms with Crippen molar-refractivity contribution in [2.24, 2.45) is 5.41 Å². The molecule has 15 heavy (non-hydrogen) atoms. The zero-order valence-electron chi connectivity index (χ0n) is 12.7. The Hall–Kier alpha value is 0. The summed E-state index contributed by atoms with van der Waals surface area (Å²) in [7, 11) is 0. The molecule has 0 spiro atoms. The second kappa shape index (κ2) is 16.4. The van der Waals surface area contributed by atoms with E-state index in [2.05, 4.69) is 27.7 Å². The Labute approximate surface area is 99.9 Å². The molecule has 0 heteroatoms. The molecule has 0 atom stereocenters. The minimum Gasteiger partial charge on any atom is -0.0683 e. The summed E-state index contributed by atoms with van der Waals surface area (Å²) in [6.07, 6.45) is 8.28. The smallest absolute Gasteiger partial charge is 0.0303 e. The number of hydrogen-bond donors (Lipinski definition) is 0. The third-order valence-electron chi connectivity index (χ3n) is 3.06. The summed E-state index contributed by atoms with van der Waals surface area (Å²) in [5, 5.41) is 0. The lowest BCUT2D eigenvalue weighted by Crippen LogP contribution is -2.17. The van der Waals surface area contributed by atoms with Gasteiger partial charge < -0.3 is 0 Å². The van der Waals surface area contributed by atoms with Crippen LogP contribution in [0.1, 0.15) is 93.9 Å². The van der Waals surface area contributed by atoms with Crippen LogP contribution in [0.2, 0.25) is 0 Å². The van der Waals surface area contributed by atoms with Crippen LogP contribution in [-0.2, 0) is 0 Å². The molecule has 0 radical (unpaired) electrons. The van der Waals surface area contributed by atoms with Crippen molar-refractivity contribution in [3.05, 3.63) is 0 Å². The van der Waals surface area contributed by atoms with Crippen molar-refractivity contribution in [3.63, 3.8) is 0 Å². The van der Waals surface area contributed by atoms with Crippen molar-refractivity contribution >= 4 is 0 Å². The largest absolute Gasteiger partial charge is 0.0683 e. The highest BCUT2D eigenvalue weighted by Gasteiger charge is 2.23. The van der Waals surface area contributed by atoms with Gasteiger partial charge in [-0.1, -0.05) is 81.1 Å². The molecule has 0 aliphatic carbocycles. The first-order chi connectivity index (χ1) is 7.24. The number of hydrogen-bond acceptors (Lipinski definition) is 0. The van der Waals surface area contributed by atoms with Crippen LogP contribution in [0.15, 0.2) is 0 Å². The quantitative estimate of drug-likeness (QED) is 0.479. The normalized spacial score (nSPS) is 9.60. The van der Waals surface area contributed by atoms with Crippen LogP contribution >= 0.6 is 0 Å². The second-order valence-corrected chi connectivity index (χ2v) is 3.71. The van der Waals surface area contributed by atoms with E-state index in [1.807, 2.05) is 27.7 Å². The van der Waals surface area contributed by atoms with E-state index >= 15 is 0 Å². The topological polar surface area (TPSA) is 0 Å². The average molecular weight is 216 g/mol. The van der Waals surface area contributed by atoms with Crippen LogP contribution < -0.4 is 0 Å². The van der Waals surface area contributed by atoms with E-state index in [1.165, 1.54) is 38.5 Å². The molecule has 0 heterocycles. The van der Waals surface area contributed by atoms with Gasteiger partial charge in [0, 0.05) is 0 Å². The predicted octanol–water partition coefficient (Wildman–Crippen LogP) is 6.45. The third-order valence-corrected chi connectivity index (χ3v) is 3.06. The Morgan fingerprint density at radius 2 is 0.867 bits per heavy atom. The molecule has 0 aromatic heterocycles. The van der Waals surface area contributed by atoms with E-state index in [0.717, 1.165) is 0 Å². The van der Waals surface area contributed by atoms with Crippen LogP contribution in [0.4, 0.5) is 0 Å². The molecular formula is C15H36. The molecule has 0 rings (SSSR count). The van der Waals surface area contributed by atoms with Gasteiger partial charge in [-0.25, -0.2) is 0 Å². The summed E-state index contributed by atoms with van der Waals surface area (Å²) in [5.41, 5.74) is 0.684. The Bertz CT molecular complexity index is 72.0. The van der Waals surface area contributed by atoms with Gasteiger partial charge >= 0.3 is 0 Å². The van der Waals surface area contributed by atoms with Gasteiger partial charge in [0.25, 0.3) is 0 Å². The van der Waals surface area contributed by atoms with Crippen molar-refractivity contribution < 1.29 is 0 Å². The number of rotatable bonds is 6. The summed E-state index contributed by atoms with van der Waals surface area (Å²) in [4.78, 5) is 0. The van der Waals surface area contributed by atoms with Crippen LogP contribution in [0.25, 0.3) is 0 Å². The molecular weight excluding hydrogens is 180 g/mol. The molecule has 0 bridgehead atoms. The van der Waals surface area contributed by atoms with E-state index in [4.69, 9.17) is 0 Å². The zero-order chi connectivity index (χ0) is 12.7. The van der Waals surface area contributed by atoms with Crippen molar-refractivity contribution in [1.82, 2.24) is 0 Å². The van der Waals surface area contributed by atoms with Crippen molar-refractivity contribution in [1.29, 1.82) is 0 Å². The molecule has 0 fully saturated rings. The first-order valence-corrected chi connectivity index (χ1v) is 7.24. The molecule has 0 amide bonds. The predicted molar refractivity (Wildman–Crippen MR) is 75.5 cm³/mol. The fraction of sp³-hybridized carbons (Fsp3) is 1.00. The lowest BCUT2D eigenvalue weighted by atomic mass is 9.75. The summed E-state index contributed by atoms with van der Waals surface area (Å²) in [6.45, 7) is 17.3. The average Bonchev–Trinajstić information content (AvgIpc) is 2.34. The van der Waals surface area contributed by atoms with Crippen molar-refractivity contribution in [3.8, 4) is 0 Å². The van der Waals surface area contributed by atoms with Gasteiger partial charge in [-0.2, -0.15) is 0 Å². The molecule has 0 saturated heterocycles. The van der Waals surface area contributed by atoms with E-state index < -0.39 is 0 Å². The molecule has 0 nitrogen and oxygen atoms in total. The van der Waals surface area contributed by atoms with E-state index in [9.17, 15) is 0 Å². The van der Waals surface area contributed by atoms with Crippen LogP contribution in [-0.4, -0.2) is 0 Å². The molecule has 0 aromatic rings. The van der Waals surface area contributed by atoms with Gasteiger partial charge in [0.2, 0.25) is 0 Å². The third kappa shape index (κ3) is 10.3. The summed E-state index contributed by atoms with van der Waals surface area (Å²) >= 11 is 0. The minimum atomic E-state index is 0.684. The van der Waals surface area contributed by atoms with Crippen LogP contribution in [0.5, 0.6) is 0 Å². The van der Waals surface area contributed by atoms with Gasteiger partial charge in [-0.15, -0.1) is 0 Å². The van der Waals surface area contributed by atoms with Gasteiger partial charge in [0.05, 0.1) is 0 Å². The first-order valence-electron chi connectivity index (χ1n) is 7.24. The Morgan fingerprint density at radius 1 is 0.600 bits per heavy atom. The Kier molecular flexibility index (Phi) is 22.4. The summed E-state index contributed by atoms with van der Waals surface area (Å²) < 4.78 is 0. The Morgan fingerprint density at radius 3 is 1.00 bits per heavy atom. The van der Waals surface area contributed by atoms with Gasteiger partial charge in [-0.05, 0) is 18.3 Å². The van der Waals surface area contributed by atoms with Crippen molar-refractivity contribution in [2.75, 3.05) is 0 Å². The molecule has 0 unspecified atom stereocenters. The van der Waals surface area contributed by atoms with Gasteiger partial charge in [0.1, 0.15) is 0 Å². The van der Waals surface area contributed by atoms with Gasteiger partial charge in [0.15, 0.2) is 0 Å². The van der Waals surface area contributed by atoms with E-state index in [0.29, 0.717) is 5.41 Å². The highest BCUT2D eigenvalue weighted by atomic mass is 14.3. The fourth-order valence-corrected chi connectivity index (χ4v) is 2.14. The maximum Gasteiger partial charge on any atom is -0.0303 e. The molecule has 0 aliphatic heterocycles. The molecule has 0 aromatic carbocycles. The van der Waals surface area contributed by atoms with Crippen LogP contribution in [0, 0.1) is 5.41 Å². The molecule has 0 N–H and O–H groups in total. The zero-order valence-corrected chi connectivity index (χ0v) is 12.7. The summed E-state index contributed by atoms with van der Waals surface area (Å²) in [6, 6.07) is 0. The van der Waals surface area contributed by atoms with Gasteiger partial charge in [-0.3, -0.25) is 0 Å². The van der Waals surface area contributed by atoms with E-state index in [-0.39, 0.29) is 0 Å². The minimum absolute atomic E-state index is 0.684. The highest BCUT2D eigenvalue weighted by molar-refractivity contribution is 4.75. The first kappa shape index (κ1) is 20.4. The van der Waals surface area contributed by atoms with E-state index in [1.54, 1.807) is 0 Å². The molecule has 96 valence electrons. The van der Waals surface area contributed by atoms with Crippen LogP contribution in [0.3, 0.4) is 0 Å². The fourth-order valence-electron chi connectivity index (χ4n) is 2.14. The molecule has 0 aliphatic rings. The highest BCUT2D eigenvalue weighted by Crippen LogP contribution is 2.36. The second-order valence-electron chi connectivity index (χ2n) is 3.71. The molecule has 0 saturated carbocycles. The Balaban J connectivity index is -0.000000318. The standard InChI is InChI=1S/C11H24.2C2H6/c1-5-9-11(7-3,8-4)10-6-2;2*1-2/h5-10H2,1-4H3;2*1-2H3. The monoisotopic (exact) mass is 216 g/mol. The maximum atomic E-state index is 2.34. The maximum absolute atomic E-state index is 2.34. The lowest BCUT2D eigenvalue weighted by Gasteiger charge is -2.31. The lowest BCUT2D eigenvalue weighted by molar-refractivity contribution is 0.214. The summed E-state index contributed by atoms with van der Waals surface area (Å²) in [5.74, 6) is 0. The van der Waals surface area contributed by atoms with Crippen molar-refractivity contribution in [2.45, 2.75) is 93.9 Å².